The van der Waals surface area contributed by atoms with Gasteiger partial charge in [-0.3, -0.25) is 4.79 Å². The molecule has 0 saturated carbocycles. The van der Waals surface area contributed by atoms with Crippen molar-refractivity contribution in [3.63, 3.8) is 0 Å². The molecule has 2 unspecified atom stereocenters. The van der Waals surface area contributed by atoms with Gasteiger partial charge in [-0.1, -0.05) is 6.92 Å². The van der Waals surface area contributed by atoms with Crippen LogP contribution in [0.2, 0.25) is 0 Å². The van der Waals surface area contributed by atoms with E-state index < -0.39 is 48.5 Å². The van der Waals surface area contributed by atoms with Gasteiger partial charge in [0.05, 0.1) is 30.5 Å². The molecular formula is C22H21F5N6O2. The number of hydrogen-bond acceptors (Lipinski definition) is 6. The summed E-state index contributed by atoms with van der Waals surface area (Å²) in [5, 5.41) is 8.00. The van der Waals surface area contributed by atoms with Gasteiger partial charge >= 0.3 is 6.18 Å². The van der Waals surface area contributed by atoms with Crippen LogP contribution in [-0.4, -0.2) is 60.9 Å². The number of likely N-dealkylation sites (tertiary alicyclic amines) is 1. The largest absolute Gasteiger partial charge is 0.475 e. The Morgan fingerprint density at radius 3 is 2.51 bits per heavy atom. The maximum Gasteiger partial charge on any atom is 0.417 e. The molecule has 8 nitrogen and oxygen atoms in total. The van der Waals surface area contributed by atoms with Crippen molar-refractivity contribution in [3.8, 4) is 11.6 Å². The van der Waals surface area contributed by atoms with Crippen molar-refractivity contribution in [2.75, 3.05) is 13.2 Å². The molecule has 3 aromatic rings. The molecule has 3 aromatic heterocycles. The fourth-order valence-corrected chi connectivity index (χ4v) is 3.97. The summed E-state index contributed by atoms with van der Waals surface area (Å²) in [6.45, 7) is 2.09. The molecule has 1 saturated heterocycles. The zero-order chi connectivity index (χ0) is 25.4. The standard InChI is InChI=1S/C22H21F5N6O2/c1-13-9-21(23,24)12-32(17(13)11-35-18-6-4-15(10-28-18)22(25,26)27)20(34)19-16(5-3-14(2)31-19)33-29-7-8-30-33/h3-8,10,13,17H,9,11-12H2,1-2H3. The Morgan fingerprint density at radius 2 is 1.89 bits per heavy atom. The average molecular weight is 496 g/mol. The van der Waals surface area contributed by atoms with Crippen molar-refractivity contribution in [2.45, 2.75) is 38.4 Å². The van der Waals surface area contributed by atoms with Crippen LogP contribution in [0.1, 0.15) is 35.1 Å². The van der Waals surface area contributed by atoms with Gasteiger partial charge in [0.15, 0.2) is 5.69 Å². The zero-order valence-electron chi connectivity index (χ0n) is 18.7. The Labute approximate surface area is 196 Å². The third-order valence-electron chi connectivity index (χ3n) is 5.66. The highest BCUT2D eigenvalue weighted by Gasteiger charge is 2.47. The normalized spacial score (nSPS) is 20.0. The minimum Gasteiger partial charge on any atom is -0.475 e. The molecule has 0 aliphatic carbocycles. The summed E-state index contributed by atoms with van der Waals surface area (Å²) >= 11 is 0. The van der Waals surface area contributed by atoms with Gasteiger partial charge in [-0.15, -0.1) is 4.80 Å². The monoisotopic (exact) mass is 496 g/mol. The van der Waals surface area contributed by atoms with E-state index >= 15 is 0 Å². The number of aromatic nitrogens is 5. The first-order chi connectivity index (χ1) is 16.4. The number of pyridine rings is 2. The van der Waals surface area contributed by atoms with Crippen molar-refractivity contribution in [1.82, 2.24) is 29.9 Å². The van der Waals surface area contributed by atoms with Gasteiger partial charge in [0, 0.05) is 24.4 Å². The van der Waals surface area contributed by atoms with E-state index in [0.717, 1.165) is 17.0 Å². The summed E-state index contributed by atoms with van der Waals surface area (Å²) in [5.74, 6) is -4.72. The molecule has 0 bridgehead atoms. The first-order valence-corrected chi connectivity index (χ1v) is 10.6. The van der Waals surface area contributed by atoms with E-state index in [0.29, 0.717) is 11.9 Å². The van der Waals surface area contributed by atoms with Crippen LogP contribution < -0.4 is 4.74 Å². The summed E-state index contributed by atoms with van der Waals surface area (Å²) in [7, 11) is 0. The van der Waals surface area contributed by atoms with Gasteiger partial charge in [-0.2, -0.15) is 23.4 Å². The van der Waals surface area contributed by atoms with Crippen LogP contribution in [0.4, 0.5) is 22.0 Å². The number of piperidine rings is 1. The Balaban J connectivity index is 1.61. The molecule has 1 aliphatic rings. The third-order valence-corrected chi connectivity index (χ3v) is 5.66. The van der Waals surface area contributed by atoms with Crippen LogP contribution >= 0.6 is 0 Å². The van der Waals surface area contributed by atoms with Crippen LogP contribution in [0.5, 0.6) is 5.88 Å². The van der Waals surface area contributed by atoms with E-state index in [2.05, 4.69) is 20.2 Å². The molecule has 1 amide bonds. The second-order valence-electron chi connectivity index (χ2n) is 8.37. The molecule has 13 heteroatoms. The molecule has 35 heavy (non-hydrogen) atoms. The van der Waals surface area contributed by atoms with Gasteiger partial charge in [0.25, 0.3) is 11.8 Å². The Hall–Kier alpha value is -3.64. The lowest BCUT2D eigenvalue weighted by molar-refractivity contribution is -0.137. The highest BCUT2D eigenvalue weighted by molar-refractivity contribution is 5.96. The number of halogens is 5. The van der Waals surface area contributed by atoms with Crippen molar-refractivity contribution in [1.29, 1.82) is 0 Å². The first-order valence-electron chi connectivity index (χ1n) is 10.6. The maximum atomic E-state index is 14.5. The molecule has 186 valence electrons. The zero-order valence-corrected chi connectivity index (χ0v) is 18.7. The number of carbonyl (C=O) groups is 1. The van der Waals surface area contributed by atoms with Gasteiger partial charge in [-0.05, 0) is 31.0 Å². The second-order valence-corrected chi connectivity index (χ2v) is 8.37. The number of carbonyl (C=O) groups excluding carboxylic acids is 1. The average Bonchev–Trinajstić information content (AvgIpc) is 3.31. The van der Waals surface area contributed by atoms with Crippen LogP contribution in [0.25, 0.3) is 5.69 Å². The minimum atomic E-state index is -4.56. The Bertz CT molecular complexity index is 1180. The highest BCUT2D eigenvalue weighted by Crippen LogP contribution is 2.36. The Kier molecular flexibility index (Phi) is 6.43. The minimum absolute atomic E-state index is 0.108. The fraction of sp³-hybridized carbons (Fsp3) is 0.409. The molecule has 1 fully saturated rings. The quantitative estimate of drug-likeness (QED) is 0.498. The number of hydrogen-bond donors (Lipinski definition) is 0. The summed E-state index contributed by atoms with van der Waals surface area (Å²) in [5.41, 5.74) is -0.347. The topological polar surface area (TPSA) is 86.0 Å². The van der Waals surface area contributed by atoms with E-state index in [1.54, 1.807) is 26.0 Å². The second kappa shape index (κ2) is 9.19. The van der Waals surface area contributed by atoms with Gasteiger partial charge in [-0.25, -0.2) is 18.7 Å². The summed E-state index contributed by atoms with van der Waals surface area (Å²) < 4.78 is 72.9. The van der Waals surface area contributed by atoms with Crippen LogP contribution in [-0.2, 0) is 6.18 Å². The number of rotatable bonds is 5. The van der Waals surface area contributed by atoms with E-state index in [1.165, 1.54) is 17.2 Å². The number of ether oxygens (including phenoxy) is 1. The Morgan fingerprint density at radius 1 is 1.17 bits per heavy atom. The van der Waals surface area contributed by atoms with E-state index in [4.69, 9.17) is 4.74 Å². The molecule has 4 rings (SSSR count). The van der Waals surface area contributed by atoms with Gasteiger partial charge in [0.1, 0.15) is 12.3 Å². The van der Waals surface area contributed by atoms with E-state index in [-0.39, 0.29) is 23.9 Å². The molecule has 4 heterocycles. The van der Waals surface area contributed by atoms with E-state index in [1.807, 2.05) is 0 Å². The maximum absolute atomic E-state index is 14.5. The van der Waals surface area contributed by atoms with Crippen molar-refractivity contribution >= 4 is 5.91 Å². The van der Waals surface area contributed by atoms with Crippen LogP contribution in [0, 0.1) is 12.8 Å². The molecule has 0 spiro atoms. The highest BCUT2D eigenvalue weighted by atomic mass is 19.4. The van der Waals surface area contributed by atoms with Crippen molar-refractivity contribution < 1.29 is 31.5 Å². The molecule has 0 aromatic carbocycles. The van der Waals surface area contributed by atoms with Crippen LogP contribution in [0.3, 0.4) is 0 Å². The van der Waals surface area contributed by atoms with Crippen molar-refractivity contribution in [2.24, 2.45) is 5.92 Å². The number of amides is 1. The predicted molar refractivity (Wildman–Crippen MR) is 112 cm³/mol. The SMILES string of the molecule is Cc1ccc(-n2nccn2)c(C(=O)N2CC(F)(F)CC(C)C2COc2ccc(C(F)(F)F)cn2)n1. The lowest BCUT2D eigenvalue weighted by atomic mass is 9.88. The lowest BCUT2D eigenvalue weighted by Gasteiger charge is -2.43. The molecule has 0 N–H and O–H groups in total. The fourth-order valence-electron chi connectivity index (χ4n) is 3.97. The van der Waals surface area contributed by atoms with Gasteiger partial charge in [0.2, 0.25) is 5.88 Å². The lowest BCUT2D eigenvalue weighted by Crippen LogP contribution is -2.57. The number of alkyl halides is 5. The molecule has 2 atom stereocenters. The number of nitrogens with zero attached hydrogens (tertiary/aromatic N) is 6. The van der Waals surface area contributed by atoms with Crippen molar-refractivity contribution in [3.05, 3.63) is 59.8 Å². The molecular weight excluding hydrogens is 475 g/mol. The van der Waals surface area contributed by atoms with Crippen LogP contribution in [0.15, 0.2) is 42.9 Å². The predicted octanol–water partition coefficient (Wildman–Crippen LogP) is 3.95. The third kappa shape index (κ3) is 5.38. The molecule has 1 aliphatic heterocycles. The summed E-state index contributed by atoms with van der Waals surface area (Å²) in [6, 6.07) is 4.25. The summed E-state index contributed by atoms with van der Waals surface area (Å²) in [6.07, 6.45) is -1.62. The summed E-state index contributed by atoms with van der Waals surface area (Å²) in [4.78, 5) is 23.6. The first kappa shape index (κ1) is 24.5. The van der Waals surface area contributed by atoms with E-state index in [9.17, 15) is 26.7 Å². The van der Waals surface area contributed by atoms with Gasteiger partial charge < -0.3 is 9.64 Å². The smallest absolute Gasteiger partial charge is 0.417 e. The number of aryl methyl sites for hydroxylation is 1. The molecule has 0 radical (unpaired) electrons.